The van der Waals surface area contributed by atoms with E-state index in [1.807, 2.05) is 19.1 Å². The first-order valence-electron chi connectivity index (χ1n) is 7.08. The van der Waals surface area contributed by atoms with E-state index in [0.717, 1.165) is 36.5 Å². The molecule has 0 aliphatic rings. The minimum atomic E-state index is 0.390. The fourth-order valence-electron chi connectivity index (χ4n) is 2.33. The number of nitrogens with two attached hydrogens (primary N) is 1. The van der Waals surface area contributed by atoms with E-state index >= 15 is 0 Å². The molecule has 1 aromatic heterocycles. The number of hydrogen-bond acceptors (Lipinski definition) is 4. The van der Waals surface area contributed by atoms with Gasteiger partial charge < -0.3 is 15.4 Å². The third kappa shape index (κ3) is 4.15. The average Bonchev–Trinajstić information content (AvgIpc) is 2.43. The van der Waals surface area contributed by atoms with Crippen LogP contribution < -0.4 is 10.6 Å². The second-order valence-electron chi connectivity index (χ2n) is 4.84. The minimum absolute atomic E-state index is 0.390. The van der Waals surface area contributed by atoms with Crippen LogP contribution in [0.1, 0.15) is 37.9 Å². The number of methoxy groups -OCH3 is 1. The summed E-state index contributed by atoms with van der Waals surface area (Å²) in [4.78, 5) is 7.33. The highest BCUT2D eigenvalue weighted by molar-refractivity contribution is 7.80. The molecule has 1 rings (SSSR count). The fourth-order valence-corrected chi connectivity index (χ4v) is 2.49. The van der Waals surface area contributed by atoms with Gasteiger partial charge in [-0.2, -0.15) is 0 Å². The second-order valence-corrected chi connectivity index (χ2v) is 5.28. The van der Waals surface area contributed by atoms with Gasteiger partial charge in [0.25, 0.3) is 0 Å². The van der Waals surface area contributed by atoms with Crippen molar-refractivity contribution in [2.45, 2.75) is 39.7 Å². The lowest BCUT2D eigenvalue weighted by Gasteiger charge is -2.33. The molecule has 0 saturated carbocycles. The first kappa shape index (κ1) is 16.9. The van der Waals surface area contributed by atoms with Gasteiger partial charge in [-0.15, -0.1) is 0 Å². The van der Waals surface area contributed by atoms with Crippen LogP contribution in [0.5, 0.6) is 0 Å². The molecule has 20 heavy (non-hydrogen) atoms. The maximum atomic E-state index is 5.85. The number of aromatic nitrogens is 1. The summed E-state index contributed by atoms with van der Waals surface area (Å²) < 4.78 is 5.23. The van der Waals surface area contributed by atoms with Crippen LogP contribution in [0.25, 0.3) is 0 Å². The van der Waals surface area contributed by atoms with E-state index in [0.29, 0.717) is 17.6 Å². The van der Waals surface area contributed by atoms with E-state index in [1.54, 1.807) is 7.11 Å². The molecule has 0 fully saturated rings. The molecule has 0 bridgehead atoms. The molecule has 4 nitrogen and oxygen atoms in total. The van der Waals surface area contributed by atoms with Gasteiger partial charge in [-0.3, -0.25) is 0 Å². The van der Waals surface area contributed by atoms with Gasteiger partial charge in [-0.1, -0.05) is 26.1 Å². The van der Waals surface area contributed by atoms with Crippen LogP contribution in [0, 0.1) is 6.92 Å². The van der Waals surface area contributed by atoms with Crippen LogP contribution in [-0.2, 0) is 4.74 Å². The quantitative estimate of drug-likeness (QED) is 0.747. The molecule has 2 N–H and O–H groups in total. The zero-order chi connectivity index (χ0) is 15.1. The Bertz CT molecular complexity index is 447. The summed E-state index contributed by atoms with van der Waals surface area (Å²) in [5.74, 6) is 0.878. The summed E-state index contributed by atoms with van der Waals surface area (Å²) in [6, 6.07) is 4.31. The van der Waals surface area contributed by atoms with E-state index in [-0.39, 0.29) is 0 Å². The van der Waals surface area contributed by atoms with Gasteiger partial charge >= 0.3 is 0 Å². The van der Waals surface area contributed by atoms with E-state index < -0.39 is 0 Å². The maximum absolute atomic E-state index is 5.85. The Morgan fingerprint density at radius 3 is 2.55 bits per heavy atom. The Morgan fingerprint density at radius 1 is 1.40 bits per heavy atom. The van der Waals surface area contributed by atoms with Crippen LogP contribution >= 0.6 is 12.2 Å². The van der Waals surface area contributed by atoms with Crippen molar-refractivity contribution in [1.82, 2.24) is 4.98 Å². The highest BCUT2D eigenvalue weighted by Crippen LogP contribution is 2.23. The van der Waals surface area contributed by atoms with Gasteiger partial charge in [0, 0.05) is 25.4 Å². The van der Waals surface area contributed by atoms with Crippen molar-refractivity contribution < 1.29 is 4.74 Å². The van der Waals surface area contributed by atoms with Crippen molar-refractivity contribution in [3.63, 3.8) is 0 Å². The van der Waals surface area contributed by atoms with Crippen molar-refractivity contribution in [3.8, 4) is 0 Å². The first-order chi connectivity index (χ1) is 9.54. The topological polar surface area (TPSA) is 51.4 Å². The Morgan fingerprint density at radius 2 is 2.05 bits per heavy atom. The van der Waals surface area contributed by atoms with E-state index in [4.69, 9.17) is 22.7 Å². The van der Waals surface area contributed by atoms with Gasteiger partial charge in [0.2, 0.25) is 0 Å². The normalized spacial score (nSPS) is 10.8. The van der Waals surface area contributed by atoms with Crippen molar-refractivity contribution in [1.29, 1.82) is 0 Å². The zero-order valence-corrected chi connectivity index (χ0v) is 13.7. The van der Waals surface area contributed by atoms with E-state index in [1.165, 1.54) is 0 Å². The first-order valence-corrected chi connectivity index (χ1v) is 7.48. The van der Waals surface area contributed by atoms with Crippen LogP contribution in [0.3, 0.4) is 0 Å². The smallest absolute Gasteiger partial charge is 0.139 e. The summed E-state index contributed by atoms with van der Waals surface area (Å²) in [5, 5.41) is 0. The maximum Gasteiger partial charge on any atom is 0.139 e. The van der Waals surface area contributed by atoms with Crippen LogP contribution in [0.2, 0.25) is 0 Å². The highest BCUT2D eigenvalue weighted by atomic mass is 32.1. The van der Waals surface area contributed by atoms with E-state index in [9.17, 15) is 0 Å². The monoisotopic (exact) mass is 295 g/mol. The molecule has 0 aromatic carbocycles. The van der Waals surface area contributed by atoms with Crippen LogP contribution in [0.15, 0.2) is 12.1 Å². The molecule has 1 heterocycles. The molecular formula is C15H25N3OS. The Labute approximate surface area is 127 Å². The molecule has 112 valence electrons. The predicted molar refractivity (Wildman–Crippen MR) is 88.5 cm³/mol. The molecule has 0 atom stereocenters. The number of anilines is 1. The largest absolute Gasteiger partial charge is 0.389 e. The number of nitrogens with zero attached hydrogens (tertiary/aromatic N) is 2. The standard InChI is InChI=1S/C15H25N3OS/c1-5-12(6-2)18(9-10-19-4)15-13(14(16)20)8-7-11(3)17-15/h7-8,12H,5-6,9-10H2,1-4H3,(H2,16,20). The second kappa shape index (κ2) is 8.17. The number of pyridine rings is 1. The lowest BCUT2D eigenvalue weighted by Crippen LogP contribution is -2.39. The van der Waals surface area contributed by atoms with E-state index in [2.05, 4.69) is 23.7 Å². The lowest BCUT2D eigenvalue weighted by atomic mass is 10.1. The number of ether oxygens (including phenoxy) is 1. The molecule has 0 radical (unpaired) electrons. The average molecular weight is 295 g/mol. The lowest BCUT2D eigenvalue weighted by molar-refractivity contribution is 0.202. The van der Waals surface area contributed by atoms with Crippen molar-refractivity contribution >= 4 is 23.0 Å². The number of rotatable bonds is 8. The van der Waals surface area contributed by atoms with Gasteiger partial charge in [0.15, 0.2) is 0 Å². The van der Waals surface area contributed by atoms with Gasteiger partial charge in [-0.25, -0.2) is 4.98 Å². The summed E-state index contributed by atoms with van der Waals surface area (Å²) in [6.07, 6.45) is 2.10. The van der Waals surface area contributed by atoms with Crippen molar-refractivity contribution in [2.24, 2.45) is 5.73 Å². The Balaban J connectivity index is 3.23. The SMILES string of the molecule is CCC(CC)N(CCOC)c1nc(C)ccc1C(N)=S. The van der Waals surface area contributed by atoms with Crippen LogP contribution in [0.4, 0.5) is 5.82 Å². The molecule has 1 aromatic rings. The summed E-state index contributed by atoms with van der Waals surface area (Å²) in [7, 11) is 1.71. The van der Waals surface area contributed by atoms with Gasteiger partial charge in [-0.05, 0) is 31.9 Å². The molecule has 0 aliphatic heterocycles. The molecule has 0 saturated heterocycles. The third-order valence-corrected chi connectivity index (χ3v) is 3.69. The number of aryl methyl sites for hydroxylation is 1. The van der Waals surface area contributed by atoms with Crippen LogP contribution in [-0.4, -0.2) is 36.3 Å². The molecule has 0 unspecified atom stereocenters. The molecular weight excluding hydrogens is 270 g/mol. The van der Waals surface area contributed by atoms with Crippen molar-refractivity contribution in [3.05, 3.63) is 23.4 Å². The Hall–Kier alpha value is -1.20. The van der Waals surface area contributed by atoms with Gasteiger partial charge in [0.1, 0.15) is 10.8 Å². The highest BCUT2D eigenvalue weighted by Gasteiger charge is 2.21. The fraction of sp³-hybridized carbons (Fsp3) is 0.600. The van der Waals surface area contributed by atoms with Crippen molar-refractivity contribution in [2.75, 3.05) is 25.2 Å². The molecule has 0 spiro atoms. The summed E-state index contributed by atoms with van der Waals surface area (Å²) in [6.45, 7) is 7.79. The summed E-state index contributed by atoms with van der Waals surface area (Å²) >= 11 is 5.16. The Kier molecular flexibility index (Phi) is 6.88. The van der Waals surface area contributed by atoms with Gasteiger partial charge in [0.05, 0.1) is 12.2 Å². The molecule has 0 aliphatic carbocycles. The summed E-state index contributed by atoms with van der Waals surface area (Å²) in [5.41, 5.74) is 7.66. The molecule has 0 amide bonds. The predicted octanol–water partition coefficient (Wildman–Crippen LogP) is 2.67. The minimum Gasteiger partial charge on any atom is -0.389 e. The molecule has 5 heteroatoms. The number of hydrogen-bond donors (Lipinski definition) is 1. The number of thiocarbonyl (C=S) groups is 1. The zero-order valence-electron chi connectivity index (χ0n) is 12.8. The third-order valence-electron chi connectivity index (χ3n) is 3.47.